The molecular formula is C25H23ClN2O5. The van der Waals surface area contributed by atoms with Gasteiger partial charge < -0.3 is 14.4 Å². The van der Waals surface area contributed by atoms with Crippen LogP contribution in [0.1, 0.15) is 43.4 Å². The van der Waals surface area contributed by atoms with E-state index in [0.29, 0.717) is 35.1 Å². The lowest BCUT2D eigenvalue weighted by Crippen LogP contribution is -2.40. The van der Waals surface area contributed by atoms with Crippen LogP contribution in [-0.2, 0) is 6.42 Å². The largest absolute Gasteiger partial charge is 0.493 e. The number of rotatable bonds is 5. The normalized spacial score (nSPS) is 14.9. The van der Waals surface area contributed by atoms with E-state index in [1.54, 1.807) is 48.9 Å². The van der Waals surface area contributed by atoms with Crippen LogP contribution in [-0.4, -0.2) is 42.7 Å². The number of fused-ring (bicyclic) bond motifs is 1. The molecule has 3 aromatic carbocycles. The van der Waals surface area contributed by atoms with Gasteiger partial charge in [0.1, 0.15) is 0 Å². The Kier molecular flexibility index (Phi) is 6.53. The summed E-state index contributed by atoms with van der Waals surface area (Å²) in [6.07, 6.45) is 0.649. The Hall–Kier alpha value is -3.55. The SMILES string of the molecule is COc1cc2c(cc1OC)C(c1ccc(Cl)cc1)N(C(=O)c1ccc(C(=O)NO)cc1)CC2. The van der Waals surface area contributed by atoms with Gasteiger partial charge in [0.2, 0.25) is 0 Å². The molecule has 1 aliphatic rings. The summed E-state index contributed by atoms with van der Waals surface area (Å²) in [5, 5.41) is 9.43. The Balaban J connectivity index is 1.78. The number of carbonyl (C=O) groups excluding carboxylic acids is 2. The second kappa shape index (κ2) is 9.52. The topological polar surface area (TPSA) is 88.1 Å². The number of hydrogen-bond donors (Lipinski definition) is 2. The third-order valence-corrected chi connectivity index (χ3v) is 6.07. The van der Waals surface area contributed by atoms with Crippen LogP contribution in [0, 0.1) is 0 Å². The monoisotopic (exact) mass is 466 g/mol. The van der Waals surface area contributed by atoms with Gasteiger partial charge in [-0.1, -0.05) is 23.7 Å². The molecule has 0 aromatic heterocycles. The quantitative estimate of drug-likeness (QED) is 0.433. The molecule has 0 radical (unpaired) electrons. The summed E-state index contributed by atoms with van der Waals surface area (Å²) in [6, 6.07) is 17.1. The van der Waals surface area contributed by atoms with Crippen LogP contribution < -0.4 is 15.0 Å². The molecule has 8 heteroatoms. The maximum absolute atomic E-state index is 13.6. The van der Waals surface area contributed by atoms with Gasteiger partial charge in [-0.15, -0.1) is 0 Å². The van der Waals surface area contributed by atoms with Crippen molar-refractivity contribution in [3.8, 4) is 11.5 Å². The lowest BCUT2D eigenvalue weighted by molar-refractivity contribution is 0.0688. The van der Waals surface area contributed by atoms with Gasteiger partial charge in [0.15, 0.2) is 11.5 Å². The molecule has 0 aliphatic carbocycles. The number of hydroxylamine groups is 1. The summed E-state index contributed by atoms with van der Waals surface area (Å²) in [5.41, 5.74) is 5.22. The van der Waals surface area contributed by atoms with Crippen LogP contribution >= 0.6 is 11.6 Å². The molecule has 3 aromatic rings. The zero-order valence-electron chi connectivity index (χ0n) is 18.2. The van der Waals surface area contributed by atoms with Gasteiger partial charge in [0, 0.05) is 22.7 Å². The molecule has 0 bridgehead atoms. The van der Waals surface area contributed by atoms with E-state index < -0.39 is 5.91 Å². The molecule has 0 saturated heterocycles. The Morgan fingerprint density at radius 1 is 0.970 bits per heavy atom. The molecule has 2 amide bonds. The molecular weight excluding hydrogens is 444 g/mol. The third-order valence-electron chi connectivity index (χ3n) is 5.82. The molecule has 1 heterocycles. The van der Waals surface area contributed by atoms with Crippen LogP contribution in [0.4, 0.5) is 0 Å². The summed E-state index contributed by atoms with van der Waals surface area (Å²) in [7, 11) is 3.18. The Morgan fingerprint density at radius 2 is 1.58 bits per heavy atom. The fraction of sp³-hybridized carbons (Fsp3) is 0.200. The first kappa shape index (κ1) is 22.6. The summed E-state index contributed by atoms with van der Waals surface area (Å²) >= 11 is 6.12. The number of hydrogen-bond acceptors (Lipinski definition) is 5. The lowest BCUT2D eigenvalue weighted by atomic mass is 9.87. The maximum Gasteiger partial charge on any atom is 0.274 e. The van der Waals surface area contributed by atoms with Crippen molar-refractivity contribution in [2.75, 3.05) is 20.8 Å². The number of nitrogens with one attached hydrogen (secondary N) is 1. The van der Waals surface area contributed by atoms with Crippen LogP contribution in [0.25, 0.3) is 0 Å². The molecule has 1 unspecified atom stereocenters. The second-order valence-electron chi connectivity index (χ2n) is 7.63. The average Bonchev–Trinajstić information content (AvgIpc) is 2.86. The van der Waals surface area contributed by atoms with Crippen LogP contribution in [0.15, 0.2) is 60.7 Å². The third kappa shape index (κ3) is 4.37. The molecule has 1 aliphatic heterocycles. The van der Waals surface area contributed by atoms with E-state index in [-0.39, 0.29) is 17.5 Å². The minimum Gasteiger partial charge on any atom is -0.493 e. The van der Waals surface area contributed by atoms with Crippen molar-refractivity contribution >= 4 is 23.4 Å². The molecule has 2 N–H and O–H groups in total. The minimum atomic E-state index is -0.638. The van der Waals surface area contributed by atoms with Gasteiger partial charge in [-0.05, 0) is 71.6 Å². The molecule has 4 rings (SSSR count). The predicted octanol–water partition coefficient (Wildman–Crippen LogP) is 4.26. The van der Waals surface area contributed by atoms with Gasteiger partial charge in [-0.3, -0.25) is 14.8 Å². The van der Waals surface area contributed by atoms with E-state index in [9.17, 15) is 9.59 Å². The fourth-order valence-electron chi connectivity index (χ4n) is 4.16. The first-order valence-electron chi connectivity index (χ1n) is 10.3. The molecule has 7 nitrogen and oxygen atoms in total. The lowest BCUT2D eigenvalue weighted by Gasteiger charge is -2.38. The van der Waals surface area contributed by atoms with Crippen LogP contribution in [0.5, 0.6) is 11.5 Å². The number of methoxy groups -OCH3 is 2. The van der Waals surface area contributed by atoms with Gasteiger partial charge in [-0.2, -0.15) is 0 Å². The Bertz CT molecular complexity index is 1180. The highest BCUT2D eigenvalue weighted by molar-refractivity contribution is 6.30. The van der Waals surface area contributed by atoms with Gasteiger partial charge >= 0.3 is 0 Å². The van der Waals surface area contributed by atoms with Crippen LogP contribution in [0.3, 0.4) is 0 Å². The first-order chi connectivity index (χ1) is 16.0. The van der Waals surface area contributed by atoms with E-state index in [0.717, 1.165) is 16.7 Å². The summed E-state index contributed by atoms with van der Waals surface area (Å²) in [6.45, 7) is 0.494. The summed E-state index contributed by atoms with van der Waals surface area (Å²) < 4.78 is 11.0. The number of nitrogens with zero attached hydrogens (tertiary/aromatic N) is 1. The van der Waals surface area contributed by atoms with Crippen molar-refractivity contribution < 1.29 is 24.3 Å². The molecule has 1 atom stereocenters. The molecule has 33 heavy (non-hydrogen) atoms. The number of benzene rings is 3. The summed E-state index contributed by atoms with van der Waals surface area (Å²) in [4.78, 5) is 27.0. The maximum atomic E-state index is 13.6. The smallest absolute Gasteiger partial charge is 0.274 e. The predicted molar refractivity (Wildman–Crippen MR) is 123 cm³/mol. The van der Waals surface area contributed by atoms with Crippen molar-refractivity contribution in [2.24, 2.45) is 0 Å². The van der Waals surface area contributed by atoms with E-state index in [2.05, 4.69) is 0 Å². The average molecular weight is 467 g/mol. The van der Waals surface area contributed by atoms with Gasteiger partial charge in [0.25, 0.3) is 11.8 Å². The fourth-order valence-corrected chi connectivity index (χ4v) is 4.29. The van der Waals surface area contributed by atoms with Crippen molar-refractivity contribution in [2.45, 2.75) is 12.5 Å². The van der Waals surface area contributed by atoms with E-state index in [1.807, 2.05) is 24.3 Å². The zero-order chi connectivity index (χ0) is 23.5. The van der Waals surface area contributed by atoms with E-state index in [1.165, 1.54) is 12.1 Å². The highest BCUT2D eigenvalue weighted by Gasteiger charge is 2.34. The Labute approximate surface area is 196 Å². The van der Waals surface area contributed by atoms with Crippen LogP contribution in [0.2, 0.25) is 5.02 Å². The van der Waals surface area contributed by atoms with Crippen molar-refractivity contribution in [3.05, 3.63) is 93.5 Å². The minimum absolute atomic E-state index is 0.175. The number of ether oxygens (including phenoxy) is 2. The number of amides is 2. The number of halogens is 1. The van der Waals surface area contributed by atoms with Gasteiger partial charge in [0.05, 0.1) is 20.3 Å². The van der Waals surface area contributed by atoms with Crippen molar-refractivity contribution in [3.63, 3.8) is 0 Å². The van der Waals surface area contributed by atoms with Gasteiger partial charge in [-0.25, -0.2) is 5.48 Å². The van der Waals surface area contributed by atoms with E-state index in [4.69, 9.17) is 26.3 Å². The van der Waals surface area contributed by atoms with E-state index >= 15 is 0 Å². The molecule has 0 fully saturated rings. The highest BCUT2D eigenvalue weighted by Crippen LogP contribution is 2.41. The standard InChI is InChI=1S/C25H23ClN2O5/c1-32-21-13-18-11-12-28(25(30)17-5-3-16(4-6-17)24(29)27-31)23(20(18)14-22(21)33-2)15-7-9-19(26)10-8-15/h3-10,13-14,23,31H,11-12H2,1-2H3,(H,27,29). The Morgan fingerprint density at radius 3 is 2.18 bits per heavy atom. The summed E-state index contributed by atoms with van der Waals surface area (Å²) in [5.74, 6) is 0.417. The van der Waals surface area contributed by atoms with Crippen molar-refractivity contribution in [1.82, 2.24) is 10.4 Å². The molecule has 0 saturated carbocycles. The highest BCUT2D eigenvalue weighted by atomic mass is 35.5. The first-order valence-corrected chi connectivity index (χ1v) is 10.7. The molecule has 0 spiro atoms. The molecule has 170 valence electrons. The second-order valence-corrected chi connectivity index (χ2v) is 8.06. The zero-order valence-corrected chi connectivity index (χ0v) is 18.9. The van der Waals surface area contributed by atoms with Crippen molar-refractivity contribution in [1.29, 1.82) is 0 Å². The number of carbonyl (C=O) groups is 2.